The van der Waals surface area contributed by atoms with Gasteiger partial charge in [-0.25, -0.2) is 0 Å². The molecular weight excluding hydrogens is 601 g/mol. The highest BCUT2D eigenvalue weighted by Crippen LogP contribution is 2.29. The van der Waals surface area contributed by atoms with Crippen LogP contribution < -0.4 is 0 Å². The zero-order valence-electron chi connectivity index (χ0n) is 35.3. The Balaban J connectivity index is 4.16. The number of allylic oxidation sites excluding steroid dienone is 20. The molecule has 0 radical (unpaired) electrons. The van der Waals surface area contributed by atoms with Crippen LogP contribution in [-0.4, -0.2) is 0 Å². The molecule has 0 saturated carbocycles. The molecule has 0 heterocycles. The van der Waals surface area contributed by atoms with E-state index in [-0.39, 0.29) is 0 Å². The first-order valence-corrected chi connectivity index (χ1v) is 20.7. The van der Waals surface area contributed by atoms with Crippen LogP contribution in [0.15, 0.2) is 117 Å². The van der Waals surface area contributed by atoms with Gasteiger partial charge in [0.05, 0.1) is 0 Å². The highest BCUT2D eigenvalue weighted by atomic mass is 14.1. The normalized spacial score (nSPS) is 14.5. The molecule has 0 aromatic carbocycles. The molecule has 0 spiro atoms. The Hall–Kier alpha value is -2.60. The summed E-state index contributed by atoms with van der Waals surface area (Å²) in [7, 11) is 0. The first-order valence-electron chi connectivity index (χ1n) is 20.7. The van der Waals surface area contributed by atoms with E-state index in [1.165, 1.54) is 172 Å². The van der Waals surface area contributed by atoms with Crippen LogP contribution in [0.5, 0.6) is 0 Å². The summed E-state index contributed by atoms with van der Waals surface area (Å²) in [6.07, 6.45) is 50.6. The molecule has 0 nitrogen and oxygen atoms in total. The van der Waals surface area contributed by atoms with Crippen LogP contribution in [0.3, 0.4) is 0 Å². The maximum atomic E-state index is 2.31. The Morgan fingerprint density at radius 3 is 0.980 bits per heavy atom. The molecule has 0 aliphatic rings. The molecule has 0 atom stereocenters. The molecule has 0 rings (SSSR count). The summed E-state index contributed by atoms with van der Waals surface area (Å²) < 4.78 is 0. The van der Waals surface area contributed by atoms with Gasteiger partial charge in [0.1, 0.15) is 0 Å². The van der Waals surface area contributed by atoms with Crippen molar-refractivity contribution in [2.75, 3.05) is 0 Å². The second kappa shape index (κ2) is 32.3. The molecule has 282 valence electrons. The Morgan fingerprint density at radius 1 is 0.300 bits per heavy atom. The van der Waals surface area contributed by atoms with Crippen molar-refractivity contribution in [3.05, 3.63) is 117 Å². The van der Waals surface area contributed by atoms with Crippen molar-refractivity contribution in [3.63, 3.8) is 0 Å². The van der Waals surface area contributed by atoms with Crippen molar-refractivity contribution in [2.24, 2.45) is 0 Å². The molecule has 0 bridgehead atoms. The van der Waals surface area contributed by atoms with Crippen LogP contribution in [0.2, 0.25) is 0 Å². The van der Waals surface area contributed by atoms with Crippen LogP contribution in [0, 0.1) is 0 Å². The lowest BCUT2D eigenvalue weighted by molar-refractivity contribution is 0.525. The van der Waals surface area contributed by atoms with Gasteiger partial charge in [-0.05, 0) is 127 Å². The average molecular weight is 683 g/mol. The van der Waals surface area contributed by atoms with Gasteiger partial charge in [0, 0.05) is 0 Å². The Bertz CT molecular complexity index is 1200. The molecule has 0 saturated heterocycles. The summed E-state index contributed by atoms with van der Waals surface area (Å²) >= 11 is 0. The van der Waals surface area contributed by atoms with E-state index in [2.05, 4.69) is 143 Å². The molecule has 0 heteroatoms. The Kier molecular flexibility index (Phi) is 30.6. The molecule has 0 unspecified atom stereocenters. The fourth-order valence-electron chi connectivity index (χ4n) is 6.19. The van der Waals surface area contributed by atoms with Crippen molar-refractivity contribution < 1.29 is 0 Å². The monoisotopic (exact) mass is 683 g/mol. The van der Waals surface area contributed by atoms with Gasteiger partial charge in [-0.15, -0.1) is 0 Å². The fourth-order valence-corrected chi connectivity index (χ4v) is 6.19. The van der Waals surface area contributed by atoms with Crippen molar-refractivity contribution in [3.8, 4) is 0 Å². The van der Waals surface area contributed by atoms with Crippen LogP contribution in [0.4, 0.5) is 0 Å². The lowest BCUT2D eigenvalue weighted by Crippen LogP contribution is -1.96. The zero-order valence-corrected chi connectivity index (χ0v) is 35.3. The van der Waals surface area contributed by atoms with Gasteiger partial charge in [-0.1, -0.05) is 188 Å². The third-order valence-corrected chi connectivity index (χ3v) is 10.8. The van der Waals surface area contributed by atoms with Crippen molar-refractivity contribution in [1.82, 2.24) is 0 Å². The van der Waals surface area contributed by atoms with Crippen molar-refractivity contribution in [2.45, 2.75) is 198 Å². The number of hydrogen-bond donors (Lipinski definition) is 0. The zero-order chi connectivity index (χ0) is 37.4. The molecular formula is C50H82. The first kappa shape index (κ1) is 47.4. The second-order valence-corrected chi connectivity index (χ2v) is 15.0. The maximum Gasteiger partial charge on any atom is -0.0348 e. The molecule has 0 aliphatic heterocycles. The molecule has 50 heavy (non-hydrogen) atoms. The minimum Gasteiger partial charge on any atom is -0.0845 e. The number of hydrogen-bond acceptors (Lipinski definition) is 0. The summed E-state index contributed by atoms with van der Waals surface area (Å²) in [5, 5.41) is 0. The lowest BCUT2D eigenvalue weighted by Gasteiger charge is -2.16. The molecule has 0 aromatic rings. The largest absolute Gasteiger partial charge is 0.0845 e. The summed E-state index contributed by atoms with van der Waals surface area (Å²) in [5.41, 5.74) is 12.3. The van der Waals surface area contributed by atoms with E-state index in [1.807, 2.05) is 0 Å². The van der Waals surface area contributed by atoms with E-state index in [0.29, 0.717) is 0 Å². The van der Waals surface area contributed by atoms with Crippen molar-refractivity contribution in [1.29, 1.82) is 0 Å². The average Bonchev–Trinajstić information content (AvgIpc) is 3.11. The predicted molar refractivity (Wildman–Crippen MR) is 232 cm³/mol. The van der Waals surface area contributed by atoms with E-state index in [9.17, 15) is 0 Å². The van der Waals surface area contributed by atoms with Gasteiger partial charge in [-0.3, -0.25) is 0 Å². The summed E-state index contributed by atoms with van der Waals surface area (Å²) in [6.45, 7) is 24.6. The number of unbranched alkanes of at least 4 members (excludes halogenated alkanes) is 18. The van der Waals surface area contributed by atoms with Crippen LogP contribution in [0.25, 0.3) is 0 Å². The van der Waals surface area contributed by atoms with Gasteiger partial charge in [-0.2, -0.15) is 0 Å². The highest BCUT2D eigenvalue weighted by molar-refractivity contribution is 5.51. The first-order chi connectivity index (χ1) is 24.1. The Labute approximate surface area is 314 Å². The standard InChI is InChI=1S/C50H82/c1-12-13-14-15-16-17-18-19-20-21-22-23-24-25-26-27-28-29-30-31-32-33-34-35-36-37-38-39-40-41-43(4)45(6)47(8)49(10)50(11)48(9)46(7)44(5)42(2)3/h31-41H,12-30H2,1-11H3. The van der Waals surface area contributed by atoms with Gasteiger partial charge in [0.15, 0.2) is 0 Å². The van der Waals surface area contributed by atoms with Gasteiger partial charge in [0.2, 0.25) is 0 Å². The molecule has 0 aliphatic carbocycles. The topological polar surface area (TPSA) is 0 Å². The van der Waals surface area contributed by atoms with E-state index >= 15 is 0 Å². The molecule has 0 N–H and O–H groups in total. The Morgan fingerprint density at radius 2 is 0.600 bits per heavy atom. The highest BCUT2D eigenvalue weighted by Gasteiger charge is 2.09. The maximum absolute atomic E-state index is 2.31. The van der Waals surface area contributed by atoms with E-state index < -0.39 is 0 Å². The third kappa shape index (κ3) is 24.5. The smallest absolute Gasteiger partial charge is 0.0348 e. The van der Waals surface area contributed by atoms with Crippen LogP contribution in [-0.2, 0) is 0 Å². The van der Waals surface area contributed by atoms with Crippen molar-refractivity contribution >= 4 is 0 Å². The second-order valence-electron chi connectivity index (χ2n) is 15.0. The fraction of sp³-hybridized carbons (Fsp3) is 0.600. The lowest BCUT2D eigenvalue weighted by atomic mass is 9.89. The summed E-state index contributed by atoms with van der Waals surface area (Å²) in [6, 6.07) is 0. The number of rotatable bonds is 28. The van der Waals surface area contributed by atoms with Crippen LogP contribution in [0.1, 0.15) is 198 Å². The van der Waals surface area contributed by atoms with E-state index in [0.717, 1.165) is 0 Å². The van der Waals surface area contributed by atoms with Crippen LogP contribution >= 0.6 is 0 Å². The SMILES string of the molecule is CCCCCCCCCCCCCCCCCCCCC=CC=CC=CC=CC=CC=C(C)C(C)=C(C)C(C)=C(C)C(C)=C(C)C(C)=C(C)C. The molecule has 0 amide bonds. The van der Waals surface area contributed by atoms with E-state index in [4.69, 9.17) is 0 Å². The summed E-state index contributed by atoms with van der Waals surface area (Å²) in [5.74, 6) is 0. The summed E-state index contributed by atoms with van der Waals surface area (Å²) in [4.78, 5) is 0. The quantitative estimate of drug-likeness (QED) is 0.0569. The van der Waals surface area contributed by atoms with Gasteiger partial charge in [0.25, 0.3) is 0 Å². The van der Waals surface area contributed by atoms with E-state index in [1.54, 1.807) is 0 Å². The third-order valence-electron chi connectivity index (χ3n) is 10.8. The minimum absolute atomic E-state index is 1.19. The van der Waals surface area contributed by atoms with Gasteiger partial charge < -0.3 is 0 Å². The molecule has 0 fully saturated rings. The molecule has 0 aromatic heterocycles. The predicted octanol–water partition coefficient (Wildman–Crippen LogP) is 17.5. The van der Waals surface area contributed by atoms with Gasteiger partial charge >= 0.3 is 0 Å². The minimum atomic E-state index is 1.19.